The van der Waals surface area contributed by atoms with E-state index in [4.69, 9.17) is 4.55 Å². The van der Waals surface area contributed by atoms with Crippen molar-refractivity contribution in [1.82, 2.24) is 0 Å². The van der Waals surface area contributed by atoms with Gasteiger partial charge in [0.15, 0.2) is 0 Å². The smallest absolute Gasteiger partial charge is 0.406 e. The highest BCUT2D eigenvalue weighted by Gasteiger charge is 2.31. The van der Waals surface area contributed by atoms with Crippen molar-refractivity contribution >= 4 is 15.2 Å². The standard InChI is InChI=1S/C9H9F3O3S/c1-16(13,14)6-7-3-2-4-8(5-7)15-9(10,11)12/h2-6H,1H3,(H,13,14). The molecule has 1 N–H and O–H groups in total. The van der Waals surface area contributed by atoms with Gasteiger partial charge in [-0.1, -0.05) is 12.1 Å². The van der Waals surface area contributed by atoms with Crippen LogP contribution in [0.15, 0.2) is 24.3 Å². The van der Waals surface area contributed by atoms with Crippen molar-refractivity contribution in [2.45, 2.75) is 6.36 Å². The predicted molar refractivity (Wildman–Crippen MR) is 55.0 cm³/mol. The summed E-state index contributed by atoms with van der Waals surface area (Å²) in [5.41, 5.74) is 0.191. The molecule has 16 heavy (non-hydrogen) atoms. The van der Waals surface area contributed by atoms with Gasteiger partial charge >= 0.3 is 6.36 Å². The molecule has 1 rings (SSSR count). The van der Waals surface area contributed by atoms with E-state index in [0.29, 0.717) is 0 Å². The van der Waals surface area contributed by atoms with Crippen molar-refractivity contribution in [2.24, 2.45) is 0 Å². The maximum Gasteiger partial charge on any atom is 0.573 e. The van der Waals surface area contributed by atoms with Gasteiger partial charge in [0.25, 0.3) is 0 Å². The Labute approximate surface area is 90.7 Å². The highest BCUT2D eigenvalue weighted by atomic mass is 32.2. The van der Waals surface area contributed by atoms with Crippen LogP contribution in [0.4, 0.5) is 13.2 Å². The Hall–Kier alpha value is -1.21. The third-order valence-corrected chi connectivity index (χ3v) is 2.16. The zero-order valence-corrected chi connectivity index (χ0v) is 9.01. The summed E-state index contributed by atoms with van der Waals surface area (Å²) in [5.74, 6) is -0.426. The molecule has 0 bridgehead atoms. The lowest BCUT2D eigenvalue weighted by Gasteiger charge is -2.08. The first-order chi connectivity index (χ1) is 7.16. The second kappa shape index (κ2) is 4.34. The number of halogens is 3. The summed E-state index contributed by atoms with van der Waals surface area (Å²) in [7, 11) is -3.15. The predicted octanol–water partition coefficient (Wildman–Crippen LogP) is 2.12. The molecule has 1 unspecified atom stereocenters. The Morgan fingerprint density at radius 1 is 1.44 bits per heavy atom. The minimum absolute atomic E-state index is 0.191. The first kappa shape index (κ1) is 12.9. The van der Waals surface area contributed by atoms with E-state index in [-0.39, 0.29) is 5.56 Å². The summed E-state index contributed by atoms with van der Waals surface area (Å²) >= 11 is 0. The normalized spacial score (nSPS) is 15.3. The van der Waals surface area contributed by atoms with Crippen molar-refractivity contribution in [3.8, 4) is 5.75 Å². The molecule has 7 heteroatoms. The molecule has 1 aromatic rings. The molecule has 0 aliphatic rings. The lowest BCUT2D eigenvalue weighted by molar-refractivity contribution is -0.274. The van der Waals surface area contributed by atoms with E-state index in [2.05, 4.69) is 4.74 Å². The minimum Gasteiger partial charge on any atom is -0.406 e. The van der Waals surface area contributed by atoms with Crippen LogP contribution in [0.1, 0.15) is 5.56 Å². The van der Waals surface area contributed by atoms with Crippen LogP contribution in [0.2, 0.25) is 0 Å². The largest absolute Gasteiger partial charge is 0.573 e. The van der Waals surface area contributed by atoms with Crippen molar-refractivity contribution in [1.29, 1.82) is 0 Å². The van der Waals surface area contributed by atoms with Gasteiger partial charge in [-0.3, -0.25) is 0 Å². The molecule has 0 amide bonds. The van der Waals surface area contributed by atoms with Crippen LogP contribution < -0.4 is 4.74 Å². The van der Waals surface area contributed by atoms with Gasteiger partial charge in [-0.05, 0) is 17.7 Å². The summed E-state index contributed by atoms with van der Waals surface area (Å²) in [6, 6.07) is 4.85. The van der Waals surface area contributed by atoms with Crippen LogP contribution in [0.5, 0.6) is 5.75 Å². The van der Waals surface area contributed by atoms with Gasteiger partial charge in [0, 0.05) is 11.6 Å². The van der Waals surface area contributed by atoms with E-state index in [1.54, 1.807) is 0 Å². The quantitative estimate of drug-likeness (QED) is 0.822. The fourth-order valence-corrected chi connectivity index (χ4v) is 1.69. The van der Waals surface area contributed by atoms with Gasteiger partial charge in [-0.15, -0.1) is 13.2 Å². The van der Waals surface area contributed by atoms with E-state index in [1.807, 2.05) is 0 Å². The summed E-state index contributed by atoms with van der Waals surface area (Å²) in [6.07, 6.45) is -3.71. The van der Waals surface area contributed by atoms with Gasteiger partial charge in [0.2, 0.25) is 0 Å². The number of ether oxygens (including phenoxy) is 1. The van der Waals surface area contributed by atoms with E-state index in [9.17, 15) is 17.4 Å². The second-order valence-corrected chi connectivity index (χ2v) is 5.06. The Balaban J connectivity index is 3.01. The molecule has 0 aliphatic carbocycles. The first-order valence-corrected chi connectivity index (χ1v) is 6.06. The SMILES string of the molecule is CS(=O)(O)=Cc1cccc(OC(F)(F)F)c1. The Bertz CT molecular complexity index is 479. The van der Waals surface area contributed by atoms with Gasteiger partial charge in [-0.2, -0.15) is 0 Å². The van der Waals surface area contributed by atoms with Crippen LogP contribution in [0.25, 0.3) is 0 Å². The minimum atomic E-state index is -4.77. The first-order valence-electron chi connectivity index (χ1n) is 4.08. The van der Waals surface area contributed by atoms with E-state index in [0.717, 1.165) is 23.8 Å². The average molecular weight is 254 g/mol. The molecular weight excluding hydrogens is 245 g/mol. The number of benzene rings is 1. The topological polar surface area (TPSA) is 46.5 Å². The monoisotopic (exact) mass is 254 g/mol. The van der Waals surface area contributed by atoms with Crippen LogP contribution in [-0.2, 0) is 9.80 Å². The molecule has 0 aromatic heterocycles. The van der Waals surface area contributed by atoms with Gasteiger partial charge in [0.1, 0.15) is 5.75 Å². The summed E-state index contributed by atoms with van der Waals surface area (Å²) in [4.78, 5) is 0. The highest BCUT2D eigenvalue weighted by Crippen LogP contribution is 2.22. The Morgan fingerprint density at radius 3 is 2.56 bits per heavy atom. The van der Waals surface area contributed by atoms with E-state index < -0.39 is 21.9 Å². The van der Waals surface area contributed by atoms with Crippen LogP contribution in [-0.4, -0.2) is 26.7 Å². The molecule has 0 fully saturated rings. The van der Waals surface area contributed by atoms with E-state index in [1.165, 1.54) is 12.1 Å². The Morgan fingerprint density at radius 2 is 2.06 bits per heavy atom. The lowest BCUT2D eigenvalue weighted by Crippen LogP contribution is -2.17. The molecule has 3 nitrogen and oxygen atoms in total. The van der Waals surface area contributed by atoms with Gasteiger partial charge in [0.05, 0.1) is 9.80 Å². The zero-order chi connectivity index (χ0) is 12.4. The molecule has 90 valence electrons. The van der Waals surface area contributed by atoms with Crippen molar-refractivity contribution in [3.63, 3.8) is 0 Å². The van der Waals surface area contributed by atoms with Crippen molar-refractivity contribution in [2.75, 3.05) is 6.26 Å². The number of alkyl halides is 3. The van der Waals surface area contributed by atoms with Gasteiger partial charge in [-0.25, -0.2) is 4.21 Å². The van der Waals surface area contributed by atoms with Gasteiger partial charge < -0.3 is 9.29 Å². The Kier molecular flexibility index (Phi) is 3.49. The molecule has 0 spiro atoms. The highest BCUT2D eigenvalue weighted by molar-refractivity contribution is 7.95. The molecule has 0 saturated heterocycles. The number of hydrogen-bond acceptors (Lipinski definition) is 2. The lowest BCUT2D eigenvalue weighted by atomic mass is 10.2. The van der Waals surface area contributed by atoms with Crippen molar-refractivity contribution in [3.05, 3.63) is 29.8 Å². The second-order valence-electron chi connectivity index (χ2n) is 3.10. The summed E-state index contributed by atoms with van der Waals surface area (Å²) in [6.45, 7) is 0. The average Bonchev–Trinajstić information content (AvgIpc) is 1.96. The third kappa shape index (κ3) is 5.04. The number of rotatable bonds is 2. The molecule has 0 heterocycles. The fraction of sp³-hybridized carbons (Fsp3) is 0.222. The van der Waals surface area contributed by atoms with E-state index >= 15 is 0 Å². The maximum absolute atomic E-state index is 11.9. The summed E-state index contributed by atoms with van der Waals surface area (Å²) in [5, 5.41) is 0.968. The molecule has 1 atom stereocenters. The van der Waals surface area contributed by atoms with Crippen molar-refractivity contribution < 1.29 is 26.7 Å². The third-order valence-electron chi connectivity index (χ3n) is 1.45. The van der Waals surface area contributed by atoms with Crippen LogP contribution in [0, 0.1) is 0 Å². The molecule has 0 aliphatic heterocycles. The number of hydrogen-bond donors (Lipinski definition) is 1. The molecule has 1 aromatic carbocycles. The fourth-order valence-electron chi connectivity index (χ4n) is 1.04. The maximum atomic E-state index is 11.9. The molecule has 0 saturated carbocycles. The summed E-state index contributed by atoms with van der Waals surface area (Å²) < 4.78 is 59.3. The zero-order valence-electron chi connectivity index (χ0n) is 8.19. The molecule has 0 radical (unpaired) electrons. The molecular formula is C9H9F3O3S. The van der Waals surface area contributed by atoms with Crippen LogP contribution >= 0.6 is 0 Å². The van der Waals surface area contributed by atoms with Crippen LogP contribution in [0.3, 0.4) is 0 Å².